The molecule has 0 spiro atoms. The van der Waals surface area contributed by atoms with Gasteiger partial charge in [0, 0.05) is 28.8 Å². The summed E-state index contributed by atoms with van der Waals surface area (Å²) in [5.74, 6) is -3.50. The first kappa shape index (κ1) is 21.4. The normalized spacial score (nSPS) is 13.8. The van der Waals surface area contributed by atoms with E-state index in [-0.39, 0.29) is 22.0 Å². The number of amides is 1. The molecule has 0 aliphatic carbocycles. The van der Waals surface area contributed by atoms with Crippen molar-refractivity contribution in [3.63, 3.8) is 0 Å². The highest BCUT2D eigenvalue weighted by Gasteiger charge is 2.35. The number of carbonyl (C=O) groups excluding carboxylic acids is 1. The van der Waals surface area contributed by atoms with Crippen molar-refractivity contribution in [2.75, 3.05) is 0 Å². The van der Waals surface area contributed by atoms with E-state index in [1.165, 1.54) is 26.0 Å². The molecule has 0 radical (unpaired) electrons. The first-order valence-electron chi connectivity index (χ1n) is 8.83. The second-order valence-corrected chi connectivity index (χ2v) is 6.79. The molecule has 1 unspecified atom stereocenters. The van der Waals surface area contributed by atoms with Crippen LogP contribution >= 0.6 is 0 Å². The number of carbonyl (C=O) groups is 1. The molecule has 2 heterocycles. The SMILES string of the molecule is CC(C(=O)N[C@@H](C)c1ccc(F)cc1F)c1cc2c(C(F)(F)F)nccc2[nH]c1=O. The number of nitrogens with zero attached hydrogens (tertiary/aromatic N) is 1. The summed E-state index contributed by atoms with van der Waals surface area (Å²) < 4.78 is 66.7. The number of aromatic amines is 1. The Kier molecular flexibility index (Phi) is 5.60. The number of benzene rings is 1. The molecule has 1 amide bonds. The van der Waals surface area contributed by atoms with E-state index in [0.717, 1.165) is 18.3 Å². The van der Waals surface area contributed by atoms with Crippen molar-refractivity contribution >= 4 is 16.8 Å². The molecule has 30 heavy (non-hydrogen) atoms. The van der Waals surface area contributed by atoms with Crippen LogP contribution in [0.2, 0.25) is 0 Å². The summed E-state index contributed by atoms with van der Waals surface area (Å²) >= 11 is 0. The summed E-state index contributed by atoms with van der Waals surface area (Å²) in [6, 6.07) is 4.21. The van der Waals surface area contributed by atoms with E-state index in [1.807, 2.05) is 0 Å². The molecule has 0 aliphatic rings. The second kappa shape index (κ2) is 7.85. The van der Waals surface area contributed by atoms with E-state index < -0.39 is 46.9 Å². The quantitative estimate of drug-likeness (QED) is 0.616. The van der Waals surface area contributed by atoms with Gasteiger partial charge in [-0.05, 0) is 32.0 Å². The van der Waals surface area contributed by atoms with Crippen molar-refractivity contribution in [2.45, 2.75) is 32.0 Å². The lowest BCUT2D eigenvalue weighted by Gasteiger charge is -2.19. The monoisotopic (exact) mass is 425 g/mol. The van der Waals surface area contributed by atoms with Gasteiger partial charge in [-0.3, -0.25) is 14.6 Å². The molecule has 0 bridgehead atoms. The van der Waals surface area contributed by atoms with Gasteiger partial charge in [0.1, 0.15) is 11.6 Å². The van der Waals surface area contributed by atoms with Crippen LogP contribution in [-0.4, -0.2) is 15.9 Å². The van der Waals surface area contributed by atoms with Crippen molar-refractivity contribution in [2.24, 2.45) is 0 Å². The highest BCUT2D eigenvalue weighted by molar-refractivity contribution is 5.87. The van der Waals surface area contributed by atoms with Gasteiger partial charge >= 0.3 is 6.18 Å². The zero-order chi connectivity index (χ0) is 22.2. The van der Waals surface area contributed by atoms with Gasteiger partial charge in [-0.25, -0.2) is 8.78 Å². The summed E-state index contributed by atoms with van der Waals surface area (Å²) in [4.78, 5) is 30.6. The number of fused-ring (bicyclic) bond motifs is 1. The van der Waals surface area contributed by atoms with Gasteiger partial charge in [0.15, 0.2) is 5.69 Å². The van der Waals surface area contributed by atoms with Crippen molar-refractivity contribution in [1.29, 1.82) is 0 Å². The highest BCUT2D eigenvalue weighted by Crippen LogP contribution is 2.33. The number of nitrogens with one attached hydrogen (secondary N) is 2. The van der Waals surface area contributed by atoms with Gasteiger partial charge in [0.25, 0.3) is 5.56 Å². The fraction of sp³-hybridized carbons (Fsp3) is 0.250. The number of alkyl halides is 3. The average molecular weight is 425 g/mol. The predicted octanol–water partition coefficient (Wildman–Crippen LogP) is 4.20. The highest BCUT2D eigenvalue weighted by atomic mass is 19.4. The van der Waals surface area contributed by atoms with Gasteiger partial charge in [0.05, 0.1) is 17.5 Å². The Balaban J connectivity index is 1.93. The van der Waals surface area contributed by atoms with Crippen molar-refractivity contribution in [1.82, 2.24) is 15.3 Å². The Morgan fingerprint density at radius 3 is 2.43 bits per heavy atom. The third-order valence-corrected chi connectivity index (χ3v) is 4.72. The van der Waals surface area contributed by atoms with Gasteiger partial charge < -0.3 is 10.3 Å². The van der Waals surface area contributed by atoms with Crippen LogP contribution in [0.3, 0.4) is 0 Å². The molecule has 10 heteroatoms. The minimum absolute atomic E-state index is 0.0212. The average Bonchev–Trinajstić information content (AvgIpc) is 2.65. The van der Waals surface area contributed by atoms with Gasteiger partial charge in [-0.15, -0.1) is 0 Å². The maximum atomic E-state index is 13.9. The van der Waals surface area contributed by atoms with E-state index in [0.29, 0.717) is 6.07 Å². The maximum Gasteiger partial charge on any atom is 0.434 e. The number of hydrogen-bond donors (Lipinski definition) is 2. The van der Waals surface area contributed by atoms with Crippen molar-refractivity contribution in [3.05, 3.63) is 75.3 Å². The first-order valence-corrected chi connectivity index (χ1v) is 8.83. The number of pyridine rings is 2. The molecule has 2 aromatic heterocycles. The Bertz CT molecular complexity index is 1170. The summed E-state index contributed by atoms with van der Waals surface area (Å²) in [5, 5.41) is 2.13. The molecule has 2 N–H and O–H groups in total. The van der Waals surface area contributed by atoms with Crippen LogP contribution < -0.4 is 10.9 Å². The molecule has 0 fully saturated rings. The lowest BCUT2D eigenvalue weighted by atomic mass is 9.98. The molecule has 0 saturated heterocycles. The topological polar surface area (TPSA) is 74.8 Å². The van der Waals surface area contributed by atoms with E-state index >= 15 is 0 Å². The van der Waals surface area contributed by atoms with Crippen molar-refractivity contribution < 1.29 is 26.7 Å². The van der Waals surface area contributed by atoms with Crippen molar-refractivity contribution in [3.8, 4) is 0 Å². The molecule has 2 atom stereocenters. The largest absolute Gasteiger partial charge is 0.434 e. The third-order valence-electron chi connectivity index (χ3n) is 4.72. The van der Waals surface area contributed by atoms with Crippen LogP contribution in [0.4, 0.5) is 22.0 Å². The molecule has 1 aromatic carbocycles. The Hall–Kier alpha value is -3.30. The van der Waals surface area contributed by atoms with E-state index in [9.17, 15) is 31.5 Å². The second-order valence-electron chi connectivity index (χ2n) is 6.79. The Morgan fingerprint density at radius 1 is 1.10 bits per heavy atom. The fourth-order valence-electron chi connectivity index (χ4n) is 3.10. The van der Waals surface area contributed by atoms with E-state index in [2.05, 4.69) is 15.3 Å². The third kappa shape index (κ3) is 4.17. The number of aromatic nitrogens is 2. The van der Waals surface area contributed by atoms with Crippen LogP contribution in [0.15, 0.2) is 41.3 Å². The van der Waals surface area contributed by atoms with E-state index in [1.54, 1.807) is 0 Å². The molecular weight excluding hydrogens is 409 g/mol. The smallest absolute Gasteiger partial charge is 0.349 e. The minimum Gasteiger partial charge on any atom is -0.349 e. The summed E-state index contributed by atoms with van der Waals surface area (Å²) in [5.41, 5.74) is -2.17. The number of halogens is 5. The molecule has 5 nitrogen and oxygen atoms in total. The standard InChI is InChI=1S/C20H16F5N3O2/c1-9(18(29)27-10(2)12-4-3-11(21)7-15(12)22)13-8-14-16(28-19(13)30)5-6-26-17(14)20(23,24)25/h3-10H,1-2H3,(H,27,29)(H,28,30)/t9?,10-/m0/s1. The zero-order valence-corrected chi connectivity index (χ0v) is 15.8. The molecule has 0 saturated carbocycles. The van der Waals surface area contributed by atoms with E-state index in [4.69, 9.17) is 0 Å². The van der Waals surface area contributed by atoms with Crippen LogP contribution in [0.5, 0.6) is 0 Å². The molecule has 3 rings (SSSR count). The minimum atomic E-state index is -4.75. The van der Waals surface area contributed by atoms with Crippen LogP contribution in [-0.2, 0) is 11.0 Å². The van der Waals surface area contributed by atoms with Gasteiger partial charge in [0.2, 0.25) is 5.91 Å². The summed E-state index contributed by atoms with van der Waals surface area (Å²) in [6.07, 6.45) is -3.83. The number of H-pyrrole nitrogens is 1. The van der Waals surface area contributed by atoms with Crippen LogP contribution in [0.25, 0.3) is 10.9 Å². The Labute approximate surface area is 166 Å². The summed E-state index contributed by atoms with van der Waals surface area (Å²) in [6.45, 7) is 2.79. The molecule has 0 aliphatic heterocycles. The fourth-order valence-corrected chi connectivity index (χ4v) is 3.10. The predicted molar refractivity (Wildman–Crippen MR) is 98.7 cm³/mol. The number of rotatable bonds is 4. The lowest BCUT2D eigenvalue weighted by molar-refractivity contribution is -0.139. The zero-order valence-electron chi connectivity index (χ0n) is 15.8. The molecule has 158 valence electrons. The van der Waals surface area contributed by atoms with Gasteiger partial charge in [-0.1, -0.05) is 6.07 Å². The molecule has 3 aromatic rings. The van der Waals surface area contributed by atoms with Crippen LogP contribution in [0, 0.1) is 11.6 Å². The summed E-state index contributed by atoms with van der Waals surface area (Å²) in [7, 11) is 0. The molecular formula is C20H16F5N3O2. The Morgan fingerprint density at radius 2 is 1.80 bits per heavy atom. The van der Waals surface area contributed by atoms with Gasteiger partial charge in [-0.2, -0.15) is 13.2 Å². The van der Waals surface area contributed by atoms with Crippen LogP contribution in [0.1, 0.15) is 42.6 Å². The maximum absolute atomic E-state index is 13.9. The first-order chi connectivity index (χ1) is 14.0. The lowest BCUT2D eigenvalue weighted by Crippen LogP contribution is -2.33. The number of hydrogen-bond acceptors (Lipinski definition) is 3.